The van der Waals surface area contributed by atoms with Crippen molar-refractivity contribution in [1.29, 1.82) is 0 Å². The first-order valence-electron chi connectivity index (χ1n) is 12.0. The van der Waals surface area contributed by atoms with Crippen molar-refractivity contribution in [3.8, 4) is 0 Å². The monoisotopic (exact) mass is 561 g/mol. The van der Waals surface area contributed by atoms with Crippen LogP contribution in [-0.4, -0.2) is 29.4 Å². The molecular weight excluding hydrogens is 539 g/mol. The van der Waals surface area contributed by atoms with Gasteiger partial charge in [-0.2, -0.15) is 0 Å². The normalized spacial score (nSPS) is 15.3. The lowest BCUT2D eigenvalue weighted by Crippen LogP contribution is -2.14. The molecule has 11 heteroatoms. The van der Waals surface area contributed by atoms with Crippen molar-refractivity contribution in [1.82, 2.24) is 15.2 Å². The van der Waals surface area contributed by atoms with E-state index in [1.54, 1.807) is 6.92 Å². The number of nitrogens with one attached hydrogen (secondary N) is 1. The molecule has 38 heavy (non-hydrogen) atoms. The van der Waals surface area contributed by atoms with Crippen LogP contribution in [0.5, 0.6) is 0 Å². The second-order valence-corrected chi connectivity index (χ2v) is 13.1. The number of ketones is 1. The number of pyridine rings is 1. The number of anilines is 2. The molecule has 1 aliphatic rings. The minimum Gasteiger partial charge on any atom is -0.397 e. The number of aromatic nitrogens is 3. The first kappa shape index (κ1) is 24.7. The van der Waals surface area contributed by atoms with Gasteiger partial charge in [-0.15, -0.1) is 21.5 Å². The first-order chi connectivity index (χ1) is 18.3. The number of aryl methyl sites for hydroxylation is 2. The number of rotatable bonds is 6. The third-order valence-electron chi connectivity index (χ3n) is 6.74. The van der Waals surface area contributed by atoms with E-state index in [9.17, 15) is 13.2 Å². The second-order valence-electron chi connectivity index (χ2n) is 9.23. The van der Waals surface area contributed by atoms with Crippen LogP contribution in [0.4, 0.5) is 10.8 Å². The van der Waals surface area contributed by atoms with E-state index in [4.69, 9.17) is 10.7 Å². The molecule has 2 aromatic carbocycles. The summed E-state index contributed by atoms with van der Waals surface area (Å²) in [6, 6.07) is 18.4. The summed E-state index contributed by atoms with van der Waals surface area (Å²) in [6.45, 7) is 1.74. The van der Waals surface area contributed by atoms with E-state index in [1.165, 1.54) is 46.7 Å². The number of nitrogen functional groups attached to an aromatic ring is 1. The Hall–Kier alpha value is -3.67. The molecule has 0 radical (unpaired) electrons. The average Bonchev–Trinajstić information content (AvgIpc) is 3.48. The summed E-state index contributed by atoms with van der Waals surface area (Å²) in [6.07, 6.45) is 2.80. The highest BCUT2D eigenvalue weighted by molar-refractivity contribution is 7.93. The average molecular weight is 562 g/mol. The molecule has 0 fully saturated rings. The van der Waals surface area contributed by atoms with Gasteiger partial charge in [0.2, 0.25) is 10.9 Å². The lowest BCUT2D eigenvalue weighted by molar-refractivity contribution is 0.104. The zero-order valence-corrected chi connectivity index (χ0v) is 22.8. The molecule has 5 aromatic rings. The van der Waals surface area contributed by atoms with Crippen LogP contribution in [0.1, 0.15) is 49.4 Å². The molecule has 0 aliphatic heterocycles. The van der Waals surface area contributed by atoms with Gasteiger partial charge in [-0.05, 0) is 73.6 Å². The summed E-state index contributed by atoms with van der Waals surface area (Å²) in [7, 11) is -3.86. The van der Waals surface area contributed by atoms with Gasteiger partial charge in [0.25, 0.3) is 10.0 Å². The number of hydrogen-bond acceptors (Lipinski definition) is 9. The predicted octanol–water partition coefficient (Wildman–Crippen LogP) is 5.34. The summed E-state index contributed by atoms with van der Waals surface area (Å²) in [4.78, 5) is 19.4. The number of thiophene rings is 1. The van der Waals surface area contributed by atoms with Gasteiger partial charge in [0.15, 0.2) is 0 Å². The Kier molecular flexibility index (Phi) is 6.21. The molecule has 8 nitrogen and oxygen atoms in total. The lowest BCUT2D eigenvalue weighted by Gasteiger charge is -2.24. The van der Waals surface area contributed by atoms with Crippen molar-refractivity contribution in [3.05, 3.63) is 92.9 Å². The Morgan fingerprint density at radius 2 is 1.82 bits per heavy atom. The van der Waals surface area contributed by atoms with E-state index in [2.05, 4.69) is 45.3 Å². The lowest BCUT2D eigenvalue weighted by atomic mass is 9.82. The van der Waals surface area contributed by atoms with Crippen LogP contribution in [0.15, 0.2) is 65.6 Å². The van der Waals surface area contributed by atoms with Gasteiger partial charge in [-0.25, -0.2) is 13.4 Å². The summed E-state index contributed by atoms with van der Waals surface area (Å²) in [5, 5.41) is 9.24. The molecule has 1 aliphatic carbocycles. The maximum Gasteiger partial charge on any atom is 0.263 e. The van der Waals surface area contributed by atoms with Crippen LogP contribution < -0.4 is 10.5 Å². The van der Waals surface area contributed by atoms with Gasteiger partial charge in [0, 0.05) is 16.6 Å². The topological polar surface area (TPSA) is 128 Å². The van der Waals surface area contributed by atoms with Crippen LogP contribution in [0.3, 0.4) is 0 Å². The highest BCUT2D eigenvalue weighted by Crippen LogP contribution is 2.39. The molecule has 6 rings (SSSR count). The SMILES string of the molecule is Cc1nnc(NS(=O)(=O)c2ccc(C(=O)c3sc4nc5c(cc4c3N)CC(c3ccccc3)CC5)cc2)s1. The van der Waals surface area contributed by atoms with Gasteiger partial charge in [-0.3, -0.25) is 9.52 Å². The van der Waals surface area contributed by atoms with E-state index >= 15 is 0 Å². The van der Waals surface area contributed by atoms with Gasteiger partial charge in [0.1, 0.15) is 14.7 Å². The standard InChI is InChI=1S/C27H23N5O3S3/c1-15-30-31-27(36-15)32-38(34,35)20-10-7-17(8-11-20)24(33)25-23(28)21-14-19-13-18(16-5-3-2-4-6-16)9-12-22(19)29-26(21)37-25/h2-8,10-11,14,18H,9,12-13,28H2,1H3,(H,31,32). The zero-order chi connectivity index (χ0) is 26.4. The van der Waals surface area contributed by atoms with Crippen LogP contribution in [0, 0.1) is 6.92 Å². The smallest absolute Gasteiger partial charge is 0.263 e. The van der Waals surface area contributed by atoms with Crippen molar-refractivity contribution in [2.75, 3.05) is 10.5 Å². The Labute approximate surface area is 227 Å². The first-order valence-corrected chi connectivity index (χ1v) is 15.1. The molecule has 0 bridgehead atoms. The minimum absolute atomic E-state index is 0.0218. The predicted molar refractivity (Wildman–Crippen MR) is 151 cm³/mol. The largest absolute Gasteiger partial charge is 0.397 e. The van der Waals surface area contributed by atoms with Crippen molar-refractivity contribution < 1.29 is 13.2 Å². The van der Waals surface area contributed by atoms with E-state index in [1.807, 2.05) is 6.07 Å². The molecule has 0 amide bonds. The molecule has 3 heterocycles. The summed E-state index contributed by atoms with van der Waals surface area (Å²) < 4.78 is 27.8. The summed E-state index contributed by atoms with van der Waals surface area (Å²) in [5.74, 6) is 0.173. The maximum absolute atomic E-state index is 13.4. The molecule has 0 saturated heterocycles. The fourth-order valence-electron chi connectivity index (χ4n) is 4.80. The van der Waals surface area contributed by atoms with Crippen LogP contribution in [0.25, 0.3) is 10.2 Å². The number of benzene rings is 2. The number of sulfonamides is 1. The molecule has 3 N–H and O–H groups in total. The second kappa shape index (κ2) is 9.57. The molecule has 192 valence electrons. The highest BCUT2D eigenvalue weighted by Gasteiger charge is 2.25. The maximum atomic E-state index is 13.4. The van der Waals surface area contributed by atoms with Gasteiger partial charge in [-0.1, -0.05) is 41.7 Å². The van der Waals surface area contributed by atoms with Crippen molar-refractivity contribution in [2.45, 2.75) is 37.0 Å². The fraction of sp³-hybridized carbons (Fsp3) is 0.185. The molecule has 3 aromatic heterocycles. The van der Waals surface area contributed by atoms with Crippen LogP contribution >= 0.6 is 22.7 Å². The van der Waals surface area contributed by atoms with Gasteiger partial charge < -0.3 is 5.73 Å². The minimum atomic E-state index is -3.86. The van der Waals surface area contributed by atoms with Crippen molar-refractivity contribution in [3.63, 3.8) is 0 Å². The summed E-state index contributed by atoms with van der Waals surface area (Å²) >= 11 is 2.42. The van der Waals surface area contributed by atoms with E-state index in [0.29, 0.717) is 27.1 Å². The number of nitrogens with two attached hydrogens (primary N) is 1. The van der Waals surface area contributed by atoms with E-state index in [0.717, 1.165) is 46.5 Å². The Morgan fingerprint density at radius 1 is 1.05 bits per heavy atom. The summed E-state index contributed by atoms with van der Waals surface area (Å²) in [5.41, 5.74) is 10.8. The molecule has 1 atom stereocenters. The molecule has 0 spiro atoms. The Bertz CT molecular complexity index is 1780. The molecule has 1 unspecified atom stereocenters. The van der Waals surface area contributed by atoms with E-state index < -0.39 is 10.0 Å². The van der Waals surface area contributed by atoms with Crippen molar-refractivity contribution >= 4 is 59.5 Å². The number of hydrogen-bond donors (Lipinski definition) is 2. The third kappa shape index (κ3) is 4.57. The van der Waals surface area contributed by atoms with E-state index in [-0.39, 0.29) is 15.8 Å². The third-order valence-corrected chi connectivity index (χ3v) is 10.1. The van der Waals surface area contributed by atoms with Gasteiger partial charge in [0.05, 0.1) is 10.6 Å². The Balaban J connectivity index is 1.26. The highest BCUT2D eigenvalue weighted by atomic mass is 32.2. The number of carbonyl (C=O) groups is 1. The van der Waals surface area contributed by atoms with Gasteiger partial charge >= 0.3 is 0 Å². The number of fused-ring (bicyclic) bond motifs is 2. The fourth-order valence-corrected chi connectivity index (χ4v) is 7.68. The van der Waals surface area contributed by atoms with Crippen molar-refractivity contribution in [2.24, 2.45) is 0 Å². The quantitative estimate of drug-likeness (QED) is 0.268. The van der Waals surface area contributed by atoms with Crippen LogP contribution in [-0.2, 0) is 22.9 Å². The van der Waals surface area contributed by atoms with Crippen LogP contribution in [0.2, 0.25) is 0 Å². The molecular formula is C27H23N5O3S3. The zero-order valence-electron chi connectivity index (χ0n) is 20.3. The Morgan fingerprint density at radius 3 is 2.53 bits per heavy atom. The number of carbonyl (C=O) groups excluding carboxylic acids is 1. The number of nitrogens with zero attached hydrogens (tertiary/aromatic N) is 3. The molecule has 0 saturated carbocycles.